The zero-order valence-corrected chi connectivity index (χ0v) is 15.0. The van der Waals surface area contributed by atoms with Gasteiger partial charge in [0, 0.05) is 10.5 Å². The SMILES string of the molecule is CCNC(C)c1ccc(Oc2ccc(F)c(Br)c2)cc1Br. The summed E-state index contributed by atoms with van der Waals surface area (Å²) in [5.41, 5.74) is 1.17. The highest BCUT2D eigenvalue weighted by atomic mass is 79.9. The molecule has 0 saturated heterocycles. The molecule has 0 amide bonds. The van der Waals surface area contributed by atoms with Crippen LogP contribution in [0.25, 0.3) is 0 Å². The Hall–Kier alpha value is -0.910. The van der Waals surface area contributed by atoms with Crippen LogP contribution in [0.5, 0.6) is 11.5 Å². The minimum Gasteiger partial charge on any atom is -0.457 e. The van der Waals surface area contributed by atoms with Gasteiger partial charge < -0.3 is 10.1 Å². The van der Waals surface area contributed by atoms with E-state index in [9.17, 15) is 4.39 Å². The summed E-state index contributed by atoms with van der Waals surface area (Å²) in [5.74, 6) is 0.980. The van der Waals surface area contributed by atoms with Crippen LogP contribution in [0.3, 0.4) is 0 Å². The Morgan fingerprint density at radius 2 is 1.71 bits per heavy atom. The highest BCUT2D eigenvalue weighted by molar-refractivity contribution is 9.10. The van der Waals surface area contributed by atoms with Crippen LogP contribution in [0.2, 0.25) is 0 Å². The van der Waals surface area contributed by atoms with E-state index < -0.39 is 0 Å². The molecule has 0 aliphatic carbocycles. The van der Waals surface area contributed by atoms with Gasteiger partial charge in [-0.1, -0.05) is 28.9 Å². The van der Waals surface area contributed by atoms with Gasteiger partial charge in [0.1, 0.15) is 17.3 Å². The summed E-state index contributed by atoms with van der Waals surface area (Å²) in [7, 11) is 0. The fourth-order valence-corrected chi connectivity index (χ4v) is 3.07. The summed E-state index contributed by atoms with van der Waals surface area (Å²) >= 11 is 6.72. The first-order chi connectivity index (χ1) is 10.0. The second-order valence-electron chi connectivity index (χ2n) is 4.64. The van der Waals surface area contributed by atoms with E-state index in [2.05, 4.69) is 51.0 Å². The molecule has 0 spiro atoms. The Bertz CT molecular complexity index is 634. The number of rotatable bonds is 5. The molecular weight excluding hydrogens is 401 g/mol. The molecule has 0 radical (unpaired) electrons. The van der Waals surface area contributed by atoms with E-state index in [4.69, 9.17) is 4.74 Å². The Kier molecular flexibility index (Phi) is 5.79. The van der Waals surface area contributed by atoms with E-state index in [1.54, 1.807) is 12.1 Å². The predicted octanol–water partition coefficient (Wildman–Crippen LogP) is 5.81. The normalized spacial score (nSPS) is 12.2. The molecule has 0 heterocycles. The molecule has 2 aromatic carbocycles. The van der Waals surface area contributed by atoms with Crippen molar-refractivity contribution in [3.05, 3.63) is 56.7 Å². The minimum absolute atomic E-state index is 0.262. The summed E-state index contributed by atoms with van der Waals surface area (Å²) < 4.78 is 20.3. The molecule has 0 aliphatic rings. The average molecular weight is 417 g/mol. The molecular formula is C16H16Br2FNO. The zero-order valence-electron chi connectivity index (χ0n) is 11.8. The molecule has 0 aliphatic heterocycles. The Labute approximate surface area is 141 Å². The van der Waals surface area contributed by atoms with E-state index in [-0.39, 0.29) is 11.9 Å². The molecule has 112 valence electrons. The van der Waals surface area contributed by atoms with Gasteiger partial charge in [0.15, 0.2) is 0 Å². The zero-order chi connectivity index (χ0) is 15.4. The van der Waals surface area contributed by atoms with Crippen molar-refractivity contribution in [2.45, 2.75) is 19.9 Å². The molecule has 0 bridgehead atoms. The second kappa shape index (κ2) is 7.38. The summed E-state index contributed by atoms with van der Waals surface area (Å²) in [5, 5.41) is 3.37. The third kappa shape index (κ3) is 4.28. The topological polar surface area (TPSA) is 21.3 Å². The predicted molar refractivity (Wildman–Crippen MR) is 90.4 cm³/mol. The molecule has 1 N–H and O–H groups in total. The third-order valence-electron chi connectivity index (χ3n) is 3.08. The molecule has 5 heteroatoms. The third-order valence-corrected chi connectivity index (χ3v) is 4.37. The van der Waals surface area contributed by atoms with Gasteiger partial charge in [-0.2, -0.15) is 0 Å². The Morgan fingerprint density at radius 1 is 1.10 bits per heavy atom. The van der Waals surface area contributed by atoms with E-state index in [0.717, 1.165) is 11.0 Å². The van der Waals surface area contributed by atoms with Crippen LogP contribution in [-0.4, -0.2) is 6.54 Å². The minimum atomic E-state index is -0.307. The number of halogens is 3. The summed E-state index contributed by atoms with van der Waals surface area (Å²) in [6, 6.07) is 10.7. The Morgan fingerprint density at radius 3 is 2.29 bits per heavy atom. The monoisotopic (exact) mass is 415 g/mol. The largest absolute Gasteiger partial charge is 0.457 e. The first-order valence-corrected chi connectivity index (χ1v) is 8.25. The lowest BCUT2D eigenvalue weighted by molar-refractivity contribution is 0.478. The van der Waals surface area contributed by atoms with Crippen molar-refractivity contribution in [2.75, 3.05) is 6.54 Å². The molecule has 2 nitrogen and oxygen atoms in total. The van der Waals surface area contributed by atoms with Gasteiger partial charge in [0.05, 0.1) is 4.47 Å². The van der Waals surface area contributed by atoms with Gasteiger partial charge in [-0.15, -0.1) is 0 Å². The maximum absolute atomic E-state index is 13.2. The van der Waals surface area contributed by atoms with Crippen LogP contribution in [0, 0.1) is 5.82 Å². The smallest absolute Gasteiger partial charge is 0.137 e. The molecule has 0 saturated carbocycles. The van der Waals surface area contributed by atoms with Crippen molar-refractivity contribution >= 4 is 31.9 Å². The van der Waals surface area contributed by atoms with Gasteiger partial charge in [-0.3, -0.25) is 0 Å². The molecule has 1 atom stereocenters. The fraction of sp³-hybridized carbons (Fsp3) is 0.250. The molecule has 21 heavy (non-hydrogen) atoms. The van der Waals surface area contributed by atoms with Crippen molar-refractivity contribution in [1.29, 1.82) is 0 Å². The van der Waals surface area contributed by atoms with Crippen molar-refractivity contribution < 1.29 is 9.13 Å². The number of hydrogen-bond acceptors (Lipinski definition) is 2. The highest BCUT2D eigenvalue weighted by Gasteiger charge is 2.10. The van der Waals surface area contributed by atoms with E-state index >= 15 is 0 Å². The summed E-state index contributed by atoms with van der Waals surface area (Å²) in [4.78, 5) is 0. The van der Waals surface area contributed by atoms with Crippen LogP contribution in [0.1, 0.15) is 25.5 Å². The first-order valence-electron chi connectivity index (χ1n) is 6.67. The first kappa shape index (κ1) is 16.5. The van der Waals surface area contributed by atoms with Crippen LogP contribution < -0.4 is 10.1 Å². The van der Waals surface area contributed by atoms with Gasteiger partial charge in [-0.25, -0.2) is 4.39 Å². The Balaban J connectivity index is 2.18. The van der Waals surface area contributed by atoms with Crippen molar-refractivity contribution in [3.63, 3.8) is 0 Å². The number of hydrogen-bond donors (Lipinski definition) is 1. The standard InChI is InChI=1S/C16H16Br2FNO/c1-3-20-10(2)13-6-4-11(8-14(13)17)21-12-5-7-16(19)15(18)9-12/h4-10,20H,3H2,1-2H3. The van der Waals surface area contributed by atoms with Crippen molar-refractivity contribution in [2.24, 2.45) is 0 Å². The van der Waals surface area contributed by atoms with E-state index in [0.29, 0.717) is 16.0 Å². The molecule has 2 aromatic rings. The van der Waals surface area contributed by atoms with Crippen LogP contribution in [-0.2, 0) is 0 Å². The van der Waals surface area contributed by atoms with Crippen LogP contribution >= 0.6 is 31.9 Å². The molecule has 0 fully saturated rings. The second-order valence-corrected chi connectivity index (χ2v) is 6.35. The maximum atomic E-state index is 13.2. The highest BCUT2D eigenvalue weighted by Crippen LogP contribution is 2.31. The average Bonchev–Trinajstić information content (AvgIpc) is 2.43. The lowest BCUT2D eigenvalue weighted by Gasteiger charge is -2.15. The van der Waals surface area contributed by atoms with Gasteiger partial charge in [-0.05, 0) is 65.3 Å². The lowest BCUT2D eigenvalue weighted by Crippen LogP contribution is -2.17. The quantitative estimate of drug-likeness (QED) is 0.663. The van der Waals surface area contributed by atoms with Crippen molar-refractivity contribution in [3.8, 4) is 11.5 Å². The van der Waals surface area contributed by atoms with Gasteiger partial charge in [0.25, 0.3) is 0 Å². The molecule has 2 rings (SSSR count). The summed E-state index contributed by atoms with van der Waals surface area (Å²) in [6.07, 6.45) is 0. The van der Waals surface area contributed by atoms with E-state index in [1.807, 2.05) is 18.2 Å². The molecule has 1 unspecified atom stereocenters. The van der Waals surface area contributed by atoms with Crippen molar-refractivity contribution in [1.82, 2.24) is 5.32 Å². The fourth-order valence-electron chi connectivity index (χ4n) is 2.02. The summed E-state index contributed by atoms with van der Waals surface area (Å²) in [6.45, 7) is 5.10. The maximum Gasteiger partial charge on any atom is 0.137 e. The van der Waals surface area contributed by atoms with E-state index in [1.165, 1.54) is 11.6 Å². The van der Waals surface area contributed by atoms with Crippen LogP contribution in [0.15, 0.2) is 45.3 Å². The van der Waals surface area contributed by atoms with Gasteiger partial charge >= 0.3 is 0 Å². The van der Waals surface area contributed by atoms with Gasteiger partial charge in [0.2, 0.25) is 0 Å². The number of ether oxygens (including phenoxy) is 1. The molecule has 0 aromatic heterocycles. The van der Waals surface area contributed by atoms with Crippen LogP contribution in [0.4, 0.5) is 4.39 Å². The lowest BCUT2D eigenvalue weighted by atomic mass is 10.1. The number of benzene rings is 2. The number of nitrogens with one attached hydrogen (secondary N) is 1.